The Kier molecular flexibility index (Phi) is 8.83. The first-order valence-electron chi connectivity index (χ1n) is 12.8. The number of aryl methyl sites for hydroxylation is 1. The molecule has 0 saturated heterocycles. The average molecular weight is 569 g/mol. The number of ether oxygens (including phenoxy) is 4. The first-order chi connectivity index (χ1) is 19.2. The summed E-state index contributed by atoms with van der Waals surface area (Å²) in [6, 6.07) is 14.5. The third-order valence-electron chi connectivity index (χ3n) is 6.36. The van der Waals surface area contributed by atoms with E-state index in [9.17, 15) is 18.0 Å². The first-order valence-corrected chi connectivity index (χ1v) is 14.3. The molecule has 0 fully saturated rings. The van der Waals surface area contributed by atoms with Crippen molar-refractivity contribution in [3.8, 4) is 23.0 Å². The molecule has 0 bridgehead atoms. The molecular weight excluding hydrogens is 536 g/mol. The summed E-state index contributed by atoms with van der Waals surface area (Å²) in [6.07, 6.45) is 0.507. The Morgan fingerprint density at radius 3 is 2.42 bits per heavy atom. The second-order valence-corrected chi connectivity index (χ2v) is 11.2. The molecule has 0 radical (unpaired) electrons. The Morgan fingerprint density at radius 2 is 1.77 bits per heavy atom. The number of carbonyl (C=O) groups is 2. The quantitative estimate of drug-likeness (QED) is 0.301. The maximum atomic E-state index is 13.7. The standard InChI is InChI=1S/C29H32N2O8S/c1-5-6-20-13-22(30-16-32)9-12-24(20)39-27(21-14-25(36-4)28-26(15-21)37-17-38-28)29(33)31-40(34,35)23-10-7-19(8-11-23)18(2)3/h7-16,18,27H,5-6,17H2,1-4H3,(H,30,32)(H,31,33). The number of sulfonamides is 1. The van der Waals surface area contributed by atoms with Gasteiger partial charge in [-0.2, -0.15) is 0 Å². The summed E-state index contributed by atoms with van der Waals surface area (Å²) in [4.78, 5) is 24.6. The third kappa shape index (κ3) is 6.31. The summed E-state index contributed by atoms with van der Waals surface area (Å²) < 4.78 is 51.2. The van der Waals surface area contributed by atoms with Crippen molar-refractivity contribution in [3.05, 3.63) is 71.3 Å². The maximum absolute atomic E-state index is 13.7. The number of carbonyl (C=O) groups excluding carboxylic acids is 2. The largest absolute Gasteiger partial charge is 0.493 e. The molecule has 212 valence electrons. The molecule has 11 heteroatoms. The van der Waals surface area contributed by atoms with E-state index in [4.69, 9.17) is 18.9 Å². The van der Waals surface area contributed by atoms with Crippen LogP contribution in [0.4, 0.5) is 5.69 Å². The number of nitrogens with one attached hydrogen (secondary N) is 2. The molecule has 1 aliphatic rings. The molecule has 3 aromatic carbocycles. The zero-order chi connectivity index (χ0) is 28.9. The molecule has 0 aliphatic carbocycles. The Labute approximate surface area is 233 Å². The van der Waals surface area contributed by atoms with Crippen molar-refractivity contribution in [1.29, 1.82) is 0 Å². The maximum Gasteiger partial charge on any atom is 0.279 e. The van der Waals surface area contributed by atoms with Gasteiger partial charge in [0.2, 0.25) is 25.1 Å². The molecule has 3 aromatic rings. The summed E-state index contributed by atoms with van der Waals surface area (Å²) in [6.45, 7) is 5.95. The van der Waals surface area contributed by atoms with Crippen LogP contribution in [0.5, 0.6) is 23.0 Å². The molecule has 0 aromatic heterocycles. The fraction of sp³-hybridized carbons (Fsp3) is 0.310. The lowest BCUT2D eigenvalue weighted by molar-refractivity contribution is -0.126. The molecule has 40 heavy (non-hydrogen) atoms. The summed E-state index contributed by atoms with van der Waals surface area (Å²) in [5, 5.41) is 2.60. The van der Waals surface area contributed by atoms with Gasteiger partial charge < -0.3 is 24.3 Å². The van der Waals surface area contributed by atoms with E-state index >= 15 is 0 Å². The molecule has 1 heterocycles. The summed E-state index contributed by atoms with van der Waals surface area (Å²) in [5.74, 6) is 0.676. The van der Waals surface area contributed by atoms with E-state index in [0.717, 1.165) is 17.5 Å². The van der Waals surface area contributed by atoms with Gasteiger partial charge in [-0.05, 0) is 65.9 Å². The topological polar surface area (TPSA) is 129 Å². The second kappa shape index (κ2) is 12.3. The van der Waals surface area contributed by atoms with Crippen LogP contribution >= 0.6 is 0 Å². The normalized spacial score (nSPS) is 13.0. The predicted octanol–water partition coefficient (Wildman–Crippen LogP) is 4.69. The molecule has 2 amide bonds. The van der Waals surface area contributed by atoms with Gasteiger partial charge in [-0.25, -0.2) is 13.1 Å². The van der Waals surface area contributed by atoms with Crippen molar-refractivity contribution in [3.63, 3.8) is 0 Å². The Balaban J connectivity index is 1.73. The number of rotatable bonds is 12. The number of anilines is 1. The summed E-state index contributed by atoms with van der Waals surface area (Å²) >= 11 is 0. The lowest BCUT2D eigenvalue weighted by atomic mass is 10.0. The van der Waals surface area contributed by atoms with Crippen LogP contribution in [0, 0.1) is 0 Å². The Morgan fingerprint density at radius 1 is 1.02 bits per heavy atom. The van der Waals surface area contributed by atoms with Crippen LogP contribution in [0.2, 0.25) is 0 Å². The van der Waals surface area contributed by atoms with Gasteiger partial charge in [0.1, 0.15) is 5.75 Å². The van der Waals surface area contributed by atoms with Gasteiger partial charge in [-0.3, -0.25) is 9.59 Å². The number of amides is 2. The fourth-order valence-corrected chi connectivity index (χ4v) is 5.28. The second-order valence-electron chi connectivity index (χ2n) is 9.48. The van der Waals surface area contributed by atoms with Crippen LogP contribution in [0.25, 0.3) is 0 Å². The van der Waals surface area contributed by atoms with Crippen LogP contribution in [0.3, 0.4) is 0 Å². The van der Waals surface area contributed by atoms with Gasteiger partial charge in [-0.15, -0.1) is 0 Å². The van der Waals surface area contributed by atoms with Crippen molar-refractivity contribution >= 4 is 28.0 Å². The predicted molar refractivity (Wildman–Crippen MR) is 148 cm³/mol. The van der Waals surface area contributed by atoms with Gasteiger partial charge in [0.25, 0.3) is 15.9 Å². The molecule has 1 unspecified atom stereocenters. The van der Waals surface area contributed by atoms with Crippen molar-refractivity contribution in [2.75, 3.05) is 19.2 Å². The molecule has 1 atom stereocenters. The number of fused-ring (bicyclic) bond motifs is 1. The highest BCUT2D eigenvalue weighted by atomic mass is 32.2. The van der Waals surface area contributed by atoms with Gasteiger partial charge >= 0.3 is 0 Å². The molecule has 2 N–H and O–H groups in total. The number of hydrogen-bond donors (Lipinski definition) is 2. The van der Waals surface area contributed by atoms with E-state index in [1.54, 1.807) is 42.5 Å². The number of benzene rings is 3. The van der Waals surface area contributed by atoms with Crippen LogP contribution in [0.15, 0.2) is 59.5 Å². The first kappa shape index (κ1) is 28.8. The number of hydrogen-bond acceptors (Lipinski definition) is 8. The van der Waals surface area contributed by atoms with Gasteiger partial charge in [-0.1, -0.05) is 39.3 Å². The van der Waals surface area contributed by atoms with E-state index in [-0.39, 0.29) is 17.6 Å². The molecule has 0 spiro atoms. The average Bonchev–Trinajstić information content (AvgIpc) is 3.41. The van der Waals surface area contributed by atoms with Crippen LogP contribution in [0.1, 0.15) is 55.9 Å². The van der Waals surface area contributed by atoms with Crippen molar-refractivity contribution in [1.82, 2.24) is 4.72 Å². The van der Waals surface area contributed by atoms with E-state index in [0.29, 0.717) is 47.1 Å². The minimum absolute atomic E-state index is 0.0283. The molecule has 0 saturated carbocycles. The monoisotopic (exact) mass is 568 g/mol. The minimum atomic E-state index is -4.22. The van der Waals surface area contributed by atoms with Gasteiger partial charge in [0.15, 0.2) is 11.5 Å². The Bertz CT molecular complexity index is 1490. The summed E-state index contributed by atoms with van der Waals surface area (Å²) in [5.41, 5.74) is 2.55. The molecule has 4 rings (SSSR count). The van der Waals surface area contributed by atoms with Gasteiger partial charge in [0.05, 0.1) is 12.0 Å². The third-order valence-corrected chi connectivity index (χ3v) is 7.73. The fourth-order valence-electron chi connectivity index (χ4n) is 4.29. The van der Waals surface area contributed by atoms with Crippen LogP contribution < -0.4 is 29.0 Å². The van der Waals surface area contributed by atoms with Crippen LogP contribution in [-0.2, 0) is 26.0 Å². The molecule has 10 nitrogen and oxygen atoms in total. The van der Waals surface area contributed by atoms with Crippen molar-refractivity contribution in [2.24, 2.45) is 0 Å². The Hall–Kier alpha value is -4.25. The summed E-state index contributed by atoms with van der Waals surface area (Å²) in [7, 11) is -2.78. The highest BCUT2D eigenvalue weighted by Crippen LogP contribution is 2.44. The van der Waals surface area contributed by atoms with E-state index < -0.39 is 22.0 Å². The molecule has 1 aliphatic heterocycles. The minimum Gasteiger partial charge on any atom is -0.493 e. The highest BCUT2D eigenvalue weighted by molar-refractivity contribution is 7.90. The van der Waals surface area contributed by atoms with Gasteiger partial charge in [0, 0.05) is 11.3 Å². The van der Waals surface area contributed by atoms with Crippen LogP contribution in [-0.4, -0.2) is 34.6 Å². The van der Waals surface area contributed by atoms with E-state index in [2.05, 4.69) is 10.0 Å². The zero-order valence-corrected chi connectivity index (χ0v) is 23.5. The van der Waals surface area contributed by atoms with Crippen molar-refractivity contribution in [2.45, 2.75) is 50.5 Å². The zero-order valence-electron chi connectivity index (χ0n) is 22.7. The lowest BCUT2D eigenvalue weighted by Crippen LogP contribution is -2.37. The SMILES string of the molecule is CCCc1cc(NC=O)ccc1OC(C(=O)NS(=O)(=O)c1ccc(C(C)C)cc1)c1cc(OC)c2c(c1)OCO2. The lowest BCUT2D eigenvalue weighted by Gasteiger charge is -2.22. The smallest absolute Gasteiger partial charge is 0.279 e. The van der Waals surface area contributed by atoms with Crippen molar-refractivity contribution < 1.29 is 37.0 Å². The highest BCUT2D eigenvalue weighted by Gasteiger charge is 2.32. The number of methoxy groups -OCH3 is 1. The van der Waals surface area contributed by atoms with E-state index in [1.165, 1.54) is 19.2 Å². The van der Waals surface area contributed by atoms with E-state index in [1.807, 2.05) is 20.8 Å². The molecular formula is C29H32N2O8S.